The van der Waals surface area contributed by atoms with E-state index in [4.69, 9.17) is 25.5 Å². The number of nitrogens with two attached hydrogens (primary N) is 1. The molecule has 3 aliphatic heterocycles. The first-order chi connectivity index (χ1) is 13.5. The van der Waals surface area contributed by atoms with Crippen molar-refractivity contribution >= 4 is 11.7 Å². The highest BCUT2D eigenvalue weighted by molar-refractivity contribution is 5.99. The van der Waals surface area contributed by atoms with Crippen LogP contribution in [0.15, 0.2) is 28.2 Å². The summed E-state index contributed by atoms with van der Waals surface area (Å²) in [4.78, 5) is 11.8. The maximum atomic E-state index is 8.75. The Kier molecular flexibility index (Phi) is 6.93. The van der Waals surface area contributed by atoms with Gasteiger partial charge in [-0.1, -0.05) is 0 Å². The molecule has 0 spiro atoms. The fourth-order valence-electron chi connectivity index (χ4n) is 3.78. The average molecular weight is 393 g/mol. The maximum absolute atomic E-state index is 8.75. The Bertz CT molecular complexity index is 665. The van der Waals surface area contributed by atoms with Crippen LogP contribution in [0.2, 0.25) is 0 Å². The van der Waals surface area contributed by atoms with Gasteiger partial charge in [-0.2, -0.15) is 4.99 Å². The lowest BCUT2D eigenvalue weighted by Gasteiger charge is -2.41. The molecular formula is C19H32N6O3. The zero-order chi connectivity index (χ0) is 20.1. The Hall–Kier alpha value is -2.10. The second kappa shape index (κ2) is 9.40. The Morgan fingerprint density at radius 3 is 2.75 bits per heavy atom. The lowest BCUT2D eigenvalue weighted by Crippen LogP contribution is -2.57. The topological polar surface area (TPSA) is 117 Å². The molecule has 0 saturated carbocycles. The summed E-state index contributed by atoms with van der Waals surface area (Å²) in [7, 11) is 1.73. The van der Waals surface area contributed by atoms with Gasteiger partial charge in [0.1, 0.15) is 11.7 Å². The second-order valence-corrected chi connectivity index (χ2v) is 7.53. The minimum atomic E-state index is -0.000920. The molecule has 28 heavy (non-hydrogen) atoms. The highest BCUT2D eigenvalue weighted by atomic mass is 16.7. The van der Waals surface area contributed by atoms with E-state index in [1.54, 1.807) is 20.1 Å². The summed E-state index contributed by atoms with van der Waals surface area (Å²) >= 11 is 0. The van der Waals surface area contributed by atoms with Gasteiger partial charge in [0.05, 0.1) is 11.7 Å². The SMILES string of the molecule is COC1CN(C(=N)C(/C=C(/C)N)=C2N=C(C)NO2)CCC1NC1CCOCC1. The molecule has 0 aliphatic carbocycles. The fraction of sp³-hybridized carbons (Fsp3) is 0.684. The summed E-state index contributed by atoms with van der Waals surface area (Å²) in [5.41, 5.74) is 9.76. The Labute approximate surface area is 166 Å². The first-order valence-corrected chi connectivity index (χ1v) is 9.84. The molecule has 0 bridgehead atoms. The van der Waals surface area contributed by atoms with Crippen LogP contribution in [0.3, 0.4) is 0 Å². The number of amidine groups is 2. The summed E-state index contributed by atoms with van der Waals surface area (Å²) in [5, 5.41) is 12.5. The molecule has 156 valence electrons. The molecule has 0 radical (unpaired) electrons. The number of aliphatic imine (C=N–C) groups is 1. The predicted molar refractivity (Wildman–Crippen MR) is 108 cm³/mol. The van der Waals surface area contributed by atoms with Crippen LogP contribution >= 0.6 is 0 Å². The van der Waals surface area contributed by atoms with Crippen molar-refractivity contribution in [1.29, 1.82) is 5.41 Å². The van der Waals surface area contributed by atoms with Crippen molar-refractivity contribution in [3.63, 3.8) is 0 Å². The van der Waals surface area contributed by atoms with E-state index < -0.39 is 0 Å². The van der Waals surface area contributed by atoms with E-state index in [1.807, 2.05) is 11.8 Å². The molecule has 2 fully saturated rings. The van der Waals surface area contributed by atoms with Crippen LogP contribution in [-0.2, 0) is 14.3 Å². The minimum absolute atomic E-state index is 0.000920. The molecule has 2 saturated heterocycles. The second-order valence-electron chi connectivity index (χ2n) is 7.53. The fourth-order valence-corrected chi connectivity index (χ4v) is 3.78. The van der Waals surface area contributed by atoms with Gasteiger partial charge in [-0.3, -0.25) is 5.41 Å². The van der Waals surface area contributed by atoms with Crippen molar-refractivity contribution < 1.29 is 14.3 Å². The third-order valence-corrected chi connectivity index (χ3v) is 5.27. The third kappa shape index (κ3) is 5.03. The normalized spacial score (nSPS) is 28.5. The van der Waals surface area contributed by atoms with Gasteiger partial charge in [0.15, 0.2) is 0 Å². The van der Waals surface area contributed by atoms with E-state index in [9.17, 15) is 0 Å². The van der Waals surface area contributed by atoms with Crippen molar-refractivity contribution in [2.75, 3.05) is 33.4 Å². The summed E-state index contributed by atoms with van der Waals surface area (Å²) in [6.07, 6.45) is 4.69. The van der Waals surface area contributed by atoms with Crippen LogP contribution in [0.25, 0.3) is 0 Å². The molecule has 3 heterocycles. The number of methoxy groups -OCH3 is 1. The maximum Gasteiger partial charge on any atom is 0.258 e. The van der Waals surface area contributed by atoms with Crippen molar-refractivity contribution in [2.24, 2.45) is 10.7 Å². The van der Waals surface area contributed by atoms with Crippen molar-refractivity contribution in [3.05, 3.63) is 23.2 Å². The van der Waals surface area contributed by atoms with Crippen LogP contribution in [0.4, 0.5) is 0 Å². The van der Waals surface area contributed by atoms with E-state index in [1.165, 1.54) is 0 Å². The largest absolute Gasteiger partial charge is 0.402 e. The first-order valence-electron chi connectivity index (χ1n) is 9.84. The molecular weight excluding hydrogens is 360 g/mol. The number of hydroxylamine groups is 1. The molecule has 9 heteroatoms. The number of ether oxygens (including phenoxy) is 2. The van der Waals surface area contributed by atoms with Gasteiger partial charge in [0, 0.05) is 51.2 Å². The molecule has 0 aromatic carbocycles. The number of allylic oxidation sites excluding steroid dienone is 1. The van der Waals surface area contributed by atoms with Gasteiger partial charge < -0.3 is 30.3 Å². The Morgan fingerprint density at radius 1 is 1.39 bits per heavy atom. The minimum Gasteiger partial charge on any atom is -0.402 e. The predicted octanol–water partition coefficient (Wildman–Crippen LogP) is 0.849. The Balaban J connectivity index is 1.69. The van der Waals surface area contributed by atoms with E-state index >= 15 is 0 Å². The number of nitrogens with one attached hydrogen (secondary N) is 3. The van der Waals surface area contributed by atoms with Gasteiger partial charge in [0.25, 0.3) is 5.88 Å². The molecule has 9 nitrogen and oxygen atoms in total. The van der Waals surface area contributed by atoms with Crippen LogP contribution in [0.5, 0.6) is 0 Å². The number of nitrogens with zero attached hydrogens (tertiary/aromatic N) is 2. The summed E-state index contributed by atoms with van der Waals surface area (Å²) in [6.45, 7) is 6.60. The number of piperidine rings is 1. The molecule has 0 aromatic rings. The first kappa shape index (κ1) is 20.6. The van der Waals surface area contributed by atoms with Crippen molar-refractivity contribution in [3.8, 4) is 0 Å². The summed E-state index contributed by atoms with van der Waals surface area (Å²) in [5.74, 6) is 1.35. The molecule has 2 unspecified atom stereocenters. The van der Waals surface area contributed by atoms with Crippen LogP contribution in [-0.4, -0.2) is 68.2 Å². The molecule has 0 amide bonds. The zero-order valence-electron chi connectivity index (χ0n) is 17.0. The molecule has 2 atom stereocenters. The summed E-state index contributed by atoms with van der Waals surface area (Å²) in [6, 6.07) is 0.739. The van der Waals surface area contributed by atoms with E-state index in [-0.39, 0.29) is 12.1 Å². The number of likely N-dealkylation sites (tertiary alicyclic amines) is 1. The van der Waals surface area contributed by atoms with Gasteiger partial charge >= 0.3 is 0 Å². The van der Waals surface area contributed by atoms with Crippen LogP contribution in [0, 0.1) is 5.41 Å². The average Bonchev–Trinajstić information content (AvgIpc) is 3.12. The van der Waals surface area contributed by atoms with Gasteiger partial charge in [0.2, 0.25) is 0 Å². The lowest BCUT2D eigenvalue weighted by molar-refractivity contribution is 0.0111. The zero-order valence-corrected chi connectivity index (χ0v) is 17.0. The Morgan fingerprint density at radius 2 is 2.14 bits per heavy atom. The molecule has 0 aromatic heterocycles. The molecule has 5 N–H and O–H groups in total. The monoisotopic (exact) mass is 392 g/mol. The standard InChI is InChI=1S/C19H32N6O3/c1-12(20)10-15(19-22-13(2)24-28-19)18(21)25-7-4-16(17(11-25)26-3)23-14-5-8-27-9-6-14/h10,14,16-17,21,23H,4-9,11,20H2,1-3H3,(H,22,24)/b12-10-,19-15?,21-18?. The van der Waals surface area contributed by atoms with Crippen molar-refractivity contribution in [2.45, 2.75) is 51.3 Å². The molecule has 3 aliphatic rings. The number of hydrogen-bond acceptors (Lipinski definition) is 8. The van der Waals surface area contributed by atoms with Gasteiger partial charge in [-0.25, -0.2) is 5.48 Å². The number of hydrogen-bond donors (Lipinski definition) is 4. The van der Waals surface area contributed by atoms with Crippen molar-refractivity contribution in [1.82, 2.24) is 15.7 Å². The smallest absolute Gasteiger partial charge is 0.258 e. The third-order valence-electron chi connectivity index (χ3n) is 5.27. The van der Waals surface area contributed by atoms with E-state index in [2.05, 4.69) is 15.8 Å². The molecule has 3 rings (SSSR count). The number of rotatable bonds is 5. The highest BCUT2D eigenvalue weighted by Gasteiger charge is 2.33. The van der Waals surface area contributed by atoms with Gasteiger partial charge in [-0.15, -0.1) is 0 Å². The summed E-state index contributed by atoms with van der Waals surface area (Å²) < 4.78 is 11.2. The van der Waals surface area contributed by atoms with E-state index in [0.717, 1.165) is 39.0 Å². The van der Waals surface area contributed by atoms with Gasteiger partial charge in [-0.05, 0) is 39.2 Å². The van der Waals surface area contributed by atoms with Crippen LogP contribution < -0.4 is 16.5 Å². The lowest BCUT2D eigenvalue weighted by atomic mass is 9.97. The van der Waals surface area contributed by atoms with Crippen LogP contribution in [0.1, 0.15) is 33.1 Å². The highest BCUT2D eigenvalue weighted by Crippen LogP contribution is 2.22. The quantitative estimate of drug-likeness (QED) is 0.405. The van der Waals surface area contributed by atoms with E-state index in [0.29, 0.717) is 41.4 Å².